The average molecular weight is 253 g/mol. The van der Waals surface area contributed by atoms with Crippen LogP contribution in [0.4, 0.5) is 0 Å². The van der Waals surface area contributed by atoms with Crippen LogP contribution in [-0.2, 0) is 0 Å². The third-order valence-electron chi connectivity index (χ3n) is 3.04. The number of nitrogens with two attached hydrogens (primary N) is 1. The number of aliphatic hydroxyl groups excluding tert-OH is 1. The van der Waals surface area contributed by atoms with Crippen molar-refractivity contribution in [3.05, 3.63) is 34.9 Å². The van der Waals surface area contributed by atoms with E-state index >= 15 is 0 Å². The lowest BCUT2D eigenvalue weighted by Gasteiger charge is -2.19. The summed E-state index contributed by atoms with van der Waals surface area (Å²) in [5.74, 6) is 0.843. The SMILES string of the molecule is Cc1ccc(C(N)CSC(C)C(C)O)c(C)c1. The monoisotopic (exact) mass is 253 g/mol. The van der Waals surface area contributed by atoms with E-state index in [1.165, 1.54) is 16.7 Å². The normalized spacial score (nSPS) is 16.6. The minimum atomic E-state index is -0.286. The molecule has 0 aliphatic heterocycles. The molecule has 2 nitrogen and oxygen atoms in total. The van der Waals surface area contributed by atoms with Gasteiger partial charge in [0.25, 0.3) is 0 Å². The predicted octanol–water partition coefficient (Wildman–Crippen LogP) is 2.81. The lowest BCUT2D eigenvalue weighted by molar-refractivity contribution is 0.196. The lowest BCUT2D eigenvalue weighted by atomic mass is 10.0. The van der Waals surface area contributed by atoms with Gasteiger partial charge in [-0.25, -0.2) is 0 Å². The quantitative estimate of drug-likeness (QED) is 0.848. The molecule has 3 atom stereocenters. The van der Waals surface area contributed by atoms with Gasteiger partial charge in [0.05, 0.1) is 6.10 Å². The molecule has 17 heavy (non-hydrogen) atoms. The van der Waals surface area contributed by atoms with Crippen LogP contribution in [0.1, 0.15) is 36.6 Å². The number of thioether (sulfide) groups is 1. The second-order valence-corrected chi connectivity index (χ2v) is 6.16. The zero-order chi connectivity index (χ0) is 13.0. The van der Waals surface area contributed by atoms with Gasteiger partial charge in [-0.15, -0.1) is 0 Å². The molecule has 0 aromatic heterocycles. The molecular formula is C14H23NOS. The predicted molar refractivity (Wildman–Crippen MR) is 76.4 cm³/mol. The summed E-state index contributed by atoms with van der Waals surface area (Å²) in [6.45, 7) is 8.04. The van der Waals surface area contributed by atoms with Crippen molar-refractivity contribution >= 4 is 11.8 Å². The molecule has 1 aromatic rings. The number of aliphatic hydroxyl groups is 1. The zero-order valence-electron chi connectivity index (χ0n) is 11.1. The van der Waals surface area contributed by atoms with E-state index in [-0.39, 0.29) is 17.4 Å². The molecule has 3 N–H and O–H groups in total. The standard InChI is InChI=1S/C14H23NOS/c1-9-5-6-13(10(2)7-9)14(15)8-17-12(4)11(3)16/h5-7,11-12,14,16H,8,15H2,1-4H3. The van der Waals surface area contributed by atoms with E-state index in [1.54, 1.807) is 11.8 Å². The van der Waals surface area contributed by atoms with E-state index in [4.69, 9.17) is 5.73 Å². The minimum absolute atomic E-state index is 0.0433. The van der Waals surface area contributed by atoms with Gasteiger partial charge in [-0.1, -0.05) is 30.7 Å². The second kappa shape index (κ2) is 6.43. The van der Waals surface area contributed by atoms with Gasteiger partial charge in [0, 0.05) is 17.0 Å². The molecular weight excluding hydrogens is 230 g/mol. The van der Waals surface area contributed by atoms with Crippen molar-refractivity contribution < 1.29 is 5.11 Å². The largest absolute Gasteiger partial charge is 0.392 e. The summed E-state index contributed by atoms with van der Waals surface area (Å²) in [5, 5.41) is 9.66. The first-order valence-electron chi connectivity index (χ1n) is 6.04. The second-order valence-electron chi connectivity index (χ2n) is 4.75. The van der Waals surface area contributed by atoms with Crippen LogP contribution in [0.15, 0.2) is 18.2 Å². The first kappa shape index (κ1) is 14.6. The third-order valence-corrected chi connectivity index (χ3v) is 4.51. The van der Waals surface area contributed by atoms with E-state index in [9.17, 15) is 5.11 Å². The zero-order valence-corrected chi connectivity index (χ0v) is 11.9. The van der Waals surface area contributed by atoms with Crippen LogP contribution < -0.4 is 5.73 Å². The molecule has 3 heteroatoms. The van der Waals surface area contributed by atoms with E-state index in [0.717, 1.165) is 5.75 Å². The lowest BCUT2D eigenvalue weighted by Crippen LogP contribution is -2.20. The van der Waals surface area contributed by atoms with E-state index < -0.39 is 0 Å². The van der Waals surface area contributed by atoms with Crippen molar-refractivity contribution in [1.29, 1.82) is 0 Å². The molecule has 0 amide bonds. The highest BCUT2D eigenvalue weighted by atomic mass is 32.2. The van der Waals surface area contributed by atoms with Crippen LogP contribution in [0.5, 0.6) is 0 Å². The Morgan fingerprint density at radius 1 is 1.29 bits per heavy atom. The van der Waals surface area contributed by atoms with E-state index in [2.05, 4.69) is 32.0 Å². The number of hydrogen-bond acceptors (Lipinski definition) is 3. The van der Waals surface area contributed by atoms with Gasteiger partial charge in [-0.2, -0.15) is 11.8 Å². The van der Waals surface area contributed by atoms with Crippen LogP contribution in [-0.4, -0.2) is 22.2 Å². The van der Waals surface area contributed by atoms with Crippen molar-refractivity contribution in [2.45, 2.75) is 45.1 Å². The maximum Gasteiger partial charge on any atom is 0.0628 e. The first-order chi connectivity index (χ1) is 7.91. The smallest absolute Gasteiger partial charge is 0.0628 e. The van der Waals surface area contributed by atoms with Crippen LogP contribution in [0, 0.1) is 13.8 Å². The minimum Gasteiger partial charge on any atom is -0.392 e. The van der Waals surface area contributed by atoms with Crippen LogP contribution >= 0.6 is 11.8 Å². The van der Waals surface area contributed by atoms with Crippen LogP contribution in [0.25, 0.3) is 0 Å². The summed E-state index contributed by atoms with van der Waals surface area (Å²) in [5.41, 5.74) is 9.92. The summed E-state index contributed by atoms with van der Waals surface area (Å²) in [6, 6.07) is 6.42. The molecule has 96 valence electrons. The first-order valence-corrected chi connectivity index (χ1v) is 7.09. The van der Waals surface area contributed by atoms with Crippen LogP contribution in [0.3, 0.4) is 0 Å². The van der Waals surface area contributed by atoms with Crippen LogP contribution in [0.2, 0.25) is 0 Å². The summed E-state index contributed by atoms with van der Waals surface area (Å²) >= 11 is 1.73. The van der Waals surface area contributed by atoms with Gasteiger partial charge >= 0.3 is 0 Å². The summed E-state index contributed by atoms with van der Waals surface area (Å²) in [7, 11) is 0. The van der Waals surface area contributed by atoms with Gasteiger partial charge in [-0.3, -0.25) is 0 Å². The fraction of sp³-hybridized carbons (Fsp3) is 0.571. The van der Waals surface area contributed by atoms with E-state index in [1.807, 2.05) is 13.8 Å². The van der Waals surface area contributed by atoms with E-state index in [0.29, 0.717) is 0 Å². The van der Waals surface area contributed by atoms with Gasteiger partial charge in [0.15, 0.2) is 0 Å². The fourth-order valence-corrected chi connectivity index (χ4v) is 2.70. The summed E-state index contributed by atoms with van der Waals surface area (Å²) in [4.78, 5) is 0. The Morgan fingerprint density at radius 2 is 1.94 bits per heavy atom. The molecule has 0 saturated heterocycles. The molecule has 0 radical (unpaired) electrons. The number of rotatable bonds is 5. The Labute approximate surface area is 109 Å². The maximum atomic E-state index is 9.43. The molecule has 1 aromatic carbocycles. The Balaban J connectivity index is 2.61. The van der Waals surface area contributed by atoms with Crippen molar-refractivity contribution in [2.75, 3.05) is 5.75 Å². The van der Waals surface area contributed by atoms with Crippen molar-refractivity contribution in [1.82, 2.24) is 0 Å². The Kier molecular flexibility index (Phi) is 5.50. The maximum absolute atomic E-state index is 9.43. The molecule has 0 spiro atoms. The fourth-order valence-electron chi connectivity index (χ4n) is 1.73. The number of hydrogen-bond donors (Lipinski definition) is 2. The van der Waals surface area contributed by atoms with Crippen molar-refractivity contribution in [3.8, 4) is 0 Å². The Morgan fingerprint density at radius 3 is 2.47 bits per heavy atom. The average Bonchev–Trinajstić information content (AvgIpc) is 2.25. The molecule has 3 unspecified atom stereocenters. The number of aryl methyl sites for hydroxylation is 2. The van der Waals surface area contributed by atoms with Crippen molar-refractivity contribution in [2.24, 2.45) is 5.73 Å². The van der Waals surface area contributed by atoms with Gasteiger partial charge < -0.3 is 10.8 Å². The molecule has 1 rings (SSSR count). The number of benzene rings is 1. The summed E-state index contributed by atoms with van der Waals surface area (Å²) < 4.78 is 0. The summed E-state index contributed by atoms with van der Waals surface area (Å²) in [6.07, 6.45) is -0.286. The van der Waals surface area contributed by atoms with Gasteiger partial charge in [-0.05, 0) is 31.9 Å². The topological polar surface area (TPSA) is 46.2 Å². The molecule has 0 aliphatic carbocycles. The molecule has 0 aliphatic rings. The highest BCUT2D eigenvalue weighted by molar-refractivity contribution is 7.99. The molecule has 0 heterocycles. The van der Waals surface area contributed by atoms with Gasteiger partial charge in [0.2, 0.25) is 0 Å². The Bertz CT molecular complexity index is 365. The van der Waals surface area contributed by atoms with Gasteiger partial charge in [0.1, 0.15) is 0 Å². The molecule has 0 saturated carbocycles. The highest BCUT2D eigenvalue weighted by Crippen LogP contribution is 2.23. The molecule has 0 fully saturated rings. The van der Waals surface area contributed by atoms with Crippen molar-refractivity contribution in [3.63, 3.8) is 0 Å². The Hall–Kier alpha value is -0.510. The highest BCUT2D eigenvalue weighted by Gasteiger charge is 2.14. The molecule has 0 bridgehead atoms. The third kappa shape index (κ3) is 4.34.